The number of ether oxygens (including phenoxy) is 2. The molecule has 1 fully saturated rings. The minimum absolute atomic E-state index is 0.154. The van der Waals surface area contributed by atoms with Crippen molar-refractivity contribution >= 4 is 5.71 Å². The number of likely N-dealkylation sites (N-methyl/N-ethyl adjacent to an activating group) is 1. The third-order valence-electron chi connectivity index (χ3n) is 5.99. The average Bonchev–Trinajstić information content (AvgIpc) is 2.77. The van der Waals surface area contributed by atoms with E-state index in [2.05, 4.69) is 29.7 Å². The third-order valence-corrected chi connectivity index (χ3v) is 5.99. The van der Waals surface area contributed by atoms with Crippen LogP contribution in [0.1, 0.15) is 18.4 Å². The van der Waals surface area contributed by atoms with Crippen LogP contribution in [0.25, 0.3) is 0 Å². The minimum atomic E-state index is -1.74. The lowest BCUT2D eigenvalue weighted by molar-refractivity contribution is 0.234. The molecule has 1 heterocycles. The molecule has 0 unspecified atom stereocenters. The van der Waals surface area contributed by atoms with Crippen molar-refractivity contribution in [3.63, 3.8) is 0 Å². The Morgan fingerprint density at radius 2 is 2.00 bits per heavy atom. The number of nitriles is 3. The van der Waals surface area contributed by atoms with E-state index in [1.165, 1.54) is 7.11 Å². The fourth-order valence-corrected chi connectivity index (χ4v) is 4.53. The molecule has 3 rings (SSSR count). The van der Waals surface area contributed by atoms with Crippen LogP contribution in [0.15, 0.2) is 42.0 Å². The Hall–Kier alpha value is -3.60. The van der Waals surface area contributed by atoms with Crippen molar-refractivity contribution in [3.8, 4) is 29.7 Å². The Balaban J connectivity index is 2.18. The Kier molecular flexibility index (Phi) is 6.16. The van der Waals surface area contributed by atoms with Crippen LogP contribution in [0, 0.1) is 56.7 Å². The number of nitrogens with one attached hydrogen (secondary N) is 1. The van der Waals surface area contributed by atoms with Crippen LogP contribution in [-0.4, -0.2) is 44.5 Å². The molecule has 1 saturated carbocycles. The molecule has 2 aliphatic rings. The Morgan fingerprint density at radius 1 is 1.29 bits per heavy atom. The maximum Gasteiger partial charge on any atom is 0.189 e. The van der Waals surface area contributed by atoms with E-state index < -0.39 is 17.3 Å². The number of rotatable bonds is 5. The summed E-state index contributed by atoms with van der Waals surface area (Å²) in [5.74, 6) is -0.714. The van der Waals surface area contributed by atoms with Crippen molar-refractivity contribution < 1.29 is 9.47 Å². The molecule has 1 aromatic rings. The smallest absolute Gasteiger partial charge is 0.189 e. The van der Waals surface area contributed by atoms with Gasteiger partial charge in [0.05, 0.1) is 31.0 Å². The van der Waals surface area contributed by atoms with Gasteiger partial charge in [-0.15, -0.1) is 0 Å². The summed E-state index contributed by atoms with van der Waals surface area (Å²) in [5, 5.41) is 38.7. The Labute approximate surface area is 182 Å². The molecule has 0 bridgehead atoms. The quantitative estimate of drug-likeness (QED) is 0.736. The fraction of sp³-hybridized carbons (Fsp3) is 0.417. The van der Waals surface area contributed by atoms with Crippen LogP contribution >= 0.6 is 0 Å². The van der Waals surface area contributed by atoms with Crippen LogP contribution in [-0.2, 0) is 0 Å². The van der Waals surface area contributed by atoms with Crippen molar-refractivity contribution in [3.05, 3.63) is 47.6 Å². The summed E-state index contributed by atoms with van der Waals surface area (Å²) in [7, 11) is 3.49. The average molecular weight is 415 g/mol. The summed E-state index contributed by atoms with van der Waals surface area (Å²) < 4.78 is 11.3. The first-order chi connectivity index (χ1) is 14.8. The van der Waals surface area contributed by atoms with Crippen molar-refractivity contribution in [2.75, 3.05) is 33.9 Å². The third kappa shape index (κ3) is 3.67. The monoisotopic (exact) mass is 415 g/mol. The zero-order valence-electron chi connectivity index (χ0n) is 18.0. The molecule has 0 saturated heterocycles. The first-order valence-electron chi connectivity index (χ1n) is 9.97. The Morgan fingerprint density at radius 3 is 2.58 bits per heavy atom. The van der Waals surface area contributed by atoms with Crippen molar-refractivity contribution in [2.24, 2.45) is 17.3 Å². The molecule has 1 aliphatic heterocycles. The van der Waals surface area contributed by atoms with Gasteiger partial charge in [0, 0.05) is 24.9 Å². The highest BCUT2D eigenvalue weighted by molar-refractivity contribution is 6.00. The molecular weight excluding hydrogens is 390 g/mol. The van der Waals surface area contributed by atoms with Crippen LogP contribution in [0.5, 0.6) is 11.5 Å². The fourth-order valence-electron chi connectivity index (χ4n) is 4.53. The van der Waals surface area contributed by atoms with Crippen molar-refractivity contribution in [2.45, 2.75) is 12.8 Å². The number of nitrogens with zero attached hydrogens (tertiary/aromatic N) is 4. The van der Waals surface area contributed by atoms with Gasteiger partial charge in [-0.25, -0.2) is 0 Å². The van der Waals surface area contributed by atoms with Gasteiger partial charge in [-0.3, -0.25) is 0 Å². The van der Waals surface area contributed by atoms with E-state index in [0.29, 0.717) is 36.8 Å². The summed E-state index contributed by atoms with van der Waals surface area (Å²) in [6.07, 6.45) is 1.96. The lowest BCUT2D eigenvalue weighted by Gasteiger charge is -2.47. The molecule has 7 heteroatoms. The van der Waals surface area contributed by atoms with Crippen LogP contribution in [0.4, 0.5) is 0 Å². The van der Waals surface area contributed by atoms with Gasteiger partial charge in [0.15, 0.2) is 16.9 Å². The molecule has 0 aromatic heterocycles. The van der Waals surface area contributed by atoms with Gasteiger partial charge >= 0.3 is 0 Å². The highest BCUT2D eigenvalue weighted by atomic mass is 16.5. The summed E-state index contributed by atoms with van der Waals surface area (Å²) in [4.78, 5) is 2.09. The zero-order valence-corrected chi connectivity index (χ0v) is 18.0. The standard InChI is InChI=1S/C24H25N5O2/c1-15(2)12-31-20-6-5-16(9-21(20)30-4)22-19-11-29(3)8-7-17(19)18(10-25)23(28)24(22,13-26)14-27/h5-7,9,18-19,22,28H,1,8,11-12H2,2-4H3/t18-,19-,22+/m1/s1. The number of hydrogen-bond acceptors (Lipinski definition) is 7. The molecule has 31 heavy (non-hydrogen) atoms. The minimum Gasteiger partial charge on any atom is -0.493 e. The zero-order chi connectivity index (χ0) is 22.8. The molecule has 3 atom stereocenters. The van der Waals surface area contributed by atoms with Gasteiger partial charge in [-0.1, -0.05) is 18.7 Å². The summed E-state index contributed by atoms with van der Waals surface area (Å²) in [5.41, 5.74) is 0.486. The largest absolute Gasteiger partial charge is 0.493 e. The normalized spacial score (nSPS) is 24.6. The highest BCUT2D eigenvalue weighted by Crippen LogP contribution is 2.54. The maximum absolute atomic E-state index is 10.1. The number of methoxy groups -OCH3 is 1. The summed E-state index contributed by atoms with van der Waals surface area (Å²) in [6.45, 7) is 7.29. The van der Waals surface area contributed by atoms with Crippen LogP contribution in [0.2, 0.25) is 0 Å². The summed E-state index contributed by atoms with van der Waals surface area (Å²) >= 11 is 0. The van der Waals surface area contributed by atoms with Crippen LogP contribution in [0.3, 0.4) is 0 Å². The lowest BCUT2D eigenvalue weighted by Crippen LogP contribution is -2.52. The van der Waals surface area contributed by atoms with Gasteiger partial charge in [-0.2, -0.15) is 15.8 Å². The molecule has 158 valence electrons. The van der Waals surface area contributed by atoms with Gasteiger partial charge in [-0.05, 0) is 42.8 Å². The van der Waals surface area contributed by atoms with E-state index in [1.54, 1.807) is 12.1 Å². The molecule has 1 aliphatic carbocycles. The van der Waals surface area contributed by atoms with Gasteiger partial charge < -0.3 is 19.8 Å². The second kappa shape index (κ2) is 8.64. The Bertz CT molecular complexity index is 1050. The van der Waals surface area contributed by atoms with Gasteiger partial charge in [0.25, 0.3) is 0 Å². The van der Waals surface area contributed by atoms with E-state index in [9.17, 15) is 15.8 Å². The SMILES string of the molecule is C=C(C)COc1ccc([C@H]2[C@@H]3CN(C)CC=C3[C@@H](C#N)C(=N)C2(C#N)C#N)cc1OC. The van der Waals surface area contributed by atoms with Gasteiger partial charge in [0.1, 0.15) is 12.5 Å². The molecule has 1 N–H and O–H groups in total. The summed E-state index contributed by atoms with van der Waals surface area (Å²) in [6, 6.07) is 11.7. The number of hydrogen-bond donors (Lipinski definition) is 1. The van der Waals surface area contributed by atoms with E-state index in [4.69, 9.17) is 14.9 Å². The van der Waals surface area contributed by atoms with Crippen molar-refractivity contribution in [1.82, 2.24) is 4.90 Å². The van der Waals surface area contributed by atoms with E-state index in [0.717, 1.165) is 11.1 Å². The molecule has 0 spiro atoms. The predicted molar refractivity (Wildman–Crippen MR) is 116 cm³/mol. The molecule has 7 nitrogen and oxygen atoms in total. The van der Waals surface area contributed by atoms with E-state index in [-0.39, 0.29) is 11.6 Å². The molecule has 1 aromatic carbocycles. The number of benzene rings is 1. The first-order valence-corrected chi connectivity index (χ1v) is 9.97. The van der Waals surface area contributed by atoms with Crippen LogP contribution < -0.4 is 9.47 Å². The van der Waals surface area contributed by atoms with Gasteiger partial charge in [0.2, 0.25) is 0 Å². The highest BCUT2D eigenvalue weighted by Gasteiger charge is 2.57. The second-order valence-electron chi connectivity index (χ2n) is 8.17. The van der Waals surface area contributed by atoms with E-state index in [1.807, 2.05) is 26.1 Å². The second-order valence-corrected chi connectivity index (χ2v) is 8.17. The number of fused-ring (bicyclic) bond motifs is 1. The molecule has 0 amide bonds. The topological polar surface area (TPSA) is 117 Å². The first kappa shape index (κ1) is 22.1. The lowest BCUT2D eigenvalue weighted by atomic mass is 9.54. The van der Waals surface area contributed by atoms with E-state index >= 15 is 0 Å². The molecular formula is C24H25N5O2. The molecule has 0 radical (unpaired) electrons. The predicted octanol–water partition coefficient (Wildman–Crippen LogP) is 3.43. The maximum atomic E-state index is 10.1. The van der Waals surface area contributed by atoms with Crippen molar-refractivity contribution in [1.29, 1.82) is 21.2 Å².